The molecule has 0 unspecified atom stereocenters. The van der Waals surface area contributed by atoms with Crippen molar-refractivity contribution in [2.45, 2.75) is 37.5 Å². The van der Waals surface area contributed by atoms with Gasteiger partial charge in [0.15, 0.2) is 9.84 Å². The van der Waals surface area contributed by atoms with Crippen molar-refractivity contribution in [1.82, 2.24) is 5.32 Å². The van der Waals surface area contributed by atoms with E-state index in [-0.39, 0.29) is 11.3 Å². The van der Waals surface area contributed by atoms with E-state index >= 15 is 0 Å². The normalized spacial score (nSPS) is 23.4. The summed E-state index contributed by atoms with van der Waals surface area (Å²) in [5.74, 6) is 0.362. The summed E-state index contributed by atoms with van der Waals surface area (Å²) in [6.07, 6.45) is 2.54. The molecule has 3 nitrogen and oxygen atoms in total. The van der Waals surface area contributed by atoms with Crippen LogP contribution < -0.4 is 5.32 Å². The van der Waals surface area contributed by atoms with Gasteiger partial charge in [-0.2, -0.15) is 0 Å². The van der Waals surface area contributed by atoms with E-state index in [1.54, 1.807) is 0 Å². The maximum Gasteiger partial charge on any atom is 0.154 e. The van der Waals surface area contributed by atoms with E-state index in [2.05, 4.69) is 40.3 Å². The molecule has 106 valence electrons. The van der Waals surface area contributed by atoms with E-state index in [0.29, 0.717) is 12.3 Å². The third-order valence-electron chi connectivity index (χ3n) is 3.61. The van der Waals surface area contributed by atoms with Crippen LogP contribution in [0.25, 0.3) is 0 Å². The molecule has 0 radical (unpaired) electrons. The summed E-state index contributed by atoms with van der Waals surface area (Å²) in [5, 5.41) is 3.17. The second-order valence-corrected chi connectivity index (χ2v) is 8.59. The lowest BCUT2D eigenvalue weighted by molar-refractivity contribution is 0.521. The lowest BCUT2D eigenvalue weighted by atomic mass is 10.1. The van der Waals surface area contributed by atoms with Crippen molar-refractivity contribution < 1.29 is 8.42 Å². The number of halogens is 1. The Kier molecular flexibility index (Phi) is 5.03. The second kappa shape index (κ2) is 6.37. The number of rotatable bonds is 5. The minimum Gasteiger partial charge on any atom is -0.313 e. The van der Waals surface area contributed by atoms with Crippen LogP contribution in [0.5, 0.6) is 0 Å². The Morgan fingerprint density at radius 2 is 2.05 bits per heavy atom. The molecule has 0 saturated carbocycles. The SMILES string of the molecule is C[C@@H](Cc1ccc(Br)cc1)NC[C@@H]1CCCS1(=O)=O. The number of nitrogens with one attached hydrogen (secondary N) is 1. The monoisotopic (exact) mass is 345 g/mol. The van der Waals surface area contributed by atoms with Gasteiger partial charge in [0, 0.05) is 17.1 Å². The van der Waals surface area contributed by atoms with Gasteiger partial charge in [0.05, 0.1) is 11.0 Å². The zero-order chi connectivity index (χ0) is 13.9. The molecule has 0 amide bonds. The number of hydrogen-bond acceptors (Lipinski definition) is 3. The molecule has 1 saturated heterocycles. The van der Waals surface area contributed by atoms with Gasteiger partial charge < -0.3 is 5.32 Å². The highest BCUT2D eigenvalue weighted by Gasteiger charge is 2.30. The van der Waals surface area contributed by atoms with E-state index in [1.807, 2.05) is 12.1 Å². The fourth-order valence-corrected chi connectivity index (χ4v) is 4.51. The molecule has 2 rings (SSSR count). The predicted molar refractivity (Wildman–Crippen MR) is 82.1 cm³/mol. The Hall–Kier alpha value is -0.390. The maximum atomic E-state index is 11.7. The molecule has 0 aromatic heterocycles. The van der Waals surface area contributed by atoms with Gasteiger partial charge in [-0.1, -0.05) is 28.1 Å². The van der Waals surface area contributed by atoms with Crippen LogP contribution in [0.4, 0.5) is 0 Å². The Balaban J connectivity index is 1.82. The number of benzene rings is 1. The molecule has 19 heavy (non-hydrogen) atoms. The van der Waals surface area contributed by atoms with E-state index in [0.717, 1.165) is 23.7 Å². The van der Waals surface area contributed by atoms with Gasteiger partial charge in [0.2, 0.25) is 0 Å². The number of hydrogen-bond donors (Lipinski definition) is 1. The second-order valence-electron chi connectivity index (χ2n) is 5.27. The minimum absolute atomic E-state index is 0.181. The smallest absolute Gasteiger partial charge is 0.154 e. The average Bonchev–Trinajstić information content (AvgIpc) is 2.69. The van der Waals surface area contributed by atoms with Gasteiger partial charge in [-0.3, -0.25) is 0 Å². The van der Waals surface area contributed by atoms with Crippen molar-refractivity contribution in [3.05, 3.63) is 34.3 Å². The van der Waals surface area contributed by atoms with Crippen LogP contribution in [0.3, 0.4) is 0 Å². The third-order valence-corrected chi connectivity index (χ3v) is 6.42. The van der Waals surface area contributed by atoms with Crippen molar-refractivity contribution in [3.63, 3.8) is 0 Å². The fourth-order valence-electron chi connectivity index (χ4n) is 2.47. The minimum atomic E-state index is -2.83. The molecule has 0 spiro atoms. The molecule has 1 aliphatic heterocycles. The van der Waals surface area contributed by atoms with Crippen LogP contribution in [-0.4, -0.2) is 32.0 Å². The molecule has 0 aliphatic carbocycles. The van der Waals surface area contributed by atoms with E-state index in [4.69, 9.17) is 0 Å². The quantitative estimate of drug-likeness (QED) is 0.891. The first-order valence-electron chi connectivity index (χ1n) is 6.67. The van der Waals surface area contributed by atoms with Crippen molar-refractivity contribution in [2.75, 3.05) is 12.3 Å². The predicted octanol–water partition coefficient (Wildman–Crippen LogP) is 2.55. The van der Waals surface area contributed by atoms with E-state index in [1.165, 1.54) is 5.56 Å². The first-order chi connectivity index (χ1) is 8.97. The standard InChI is InChI=1S/C14H20BrNO2S/c1-11(9-12-4-6-13(15)7-5-12)16-10-14-3-2-8-19(14,17)18/h4-7,11,14,16H,2-3,8-10H2,1H3/t11-,14-/m0/s1. The van der Waals surface area contributed by atoms with Crippen molar-refractivity contribution in [2.24, 2.45) is 0 Å². The summed E-state index contributed by atoms with van der Waals surface area (Å²) >= 11 is 3.42. The largest absolute Gasteiger partial charge is 0.313 e. The zero-order valence-electron chi connectivity index (χ0n) is 11.1. The van der Waals surface area contributed by atoms with Crippen LogP contribution in [0.15, 0.2) is 28.7 Å². The van der Waals surface area contributed by atoms with Gasteiger partial charge in [-0.15, -0.1) is 0 Å². The van der Waals surface area contributed by atoms with E-state index in [9.17, 15) is 8.42 Å². The molecule has 2 atom stereocenters. The zero-order valence-corrected chi connectivity index (χ0v) is 13.5. The highest BCUT2D eigenvalue weighted by Crippen LogP contribution is 2.19. The highest BCUT2D eigenvalue weighted by molar-refractivity contribution is 9.10. The van der Waals surface area contributed by atoms with Gasteiger partial charge in [-0.25, -0.2) is 8.42 Å². The molecule has 5 heteroatoms. The molecule has 0 bridgehead atoms. The average molecular weight is 346 g/mol. The van der Waals surface area contributed by atoms with E-state index < -0.39 is 9.84 Å². The molecule has 1 N–H and O–H groups in total. The van der Waals surface area contributed by atoms with Crippen LogP contribution in [0.2, 0.25) is 0 Å². The Morgan fingerprint density at radius 1 is 1.37 bits per heavy atom. The summed E-state index contributed by atoms with van der Waals surface area (Å²) in [7, 11) is -2.83. The summed E-state index contributed by atoms with van der Waals surface area (Å²) in [5.41, 5.74) is 1.26. The van der Waals surface area contributed by atoms with Crippen LogP contribution in [0, 0.1) is 0 Å². The molecular weight excluding hydrogens is 326 g/mol. The summed E-state index contributed by atoms with van der Waals surface area (Å²) in [4.78, 5) is 0. The first kappa shape index (κ1) is 15.0. The third kappa shape index (κ3) is 4.29. The van der Waals surface area contributed by atoms with Gasteiger partial charge >= 0.3 is 0 Å². The topological polar surface area (TPSA) is 46.2 Å². The Morgan fingerprint density at radius 3 is 2.63 bits per heavy atom. The molecular formula is C14H20BrNO2S. The van der Waals surface area contributed by atoms with Crippen LogP contribution >= 0.6 is 15.9 Å². The molecule has 1 aliphatic rings. The van der Waals surface area contributed by atoms with Crippen LogP contribution in [0.1, 0.15) is 25.3 Å². The van der Waals surface area contributed by atoms with Crippen LogP contribution in [-0.2, 0) is 16.3 Å². The summed E-state index contributed by atoms with van der Waals surface area (Å²) in [6, 6.07) is 8.54. The fraction of sp³-hybridized carbons (Fsp3) is 0.571. The lowest BCUT2D eigenvalue weighted by Gasteiger charge is -2.17. The lowest BCUT2D eigenvalue weighted by Crippen LogP contribution is -2.37. The summed E-state index contributed by atoms with van der Waals surface area (Å²) in [6.45, 7) is 2.68. The van der Waals surface area contributed by atoms with Crippen molar-refractivity contribution in [1.29, 1.82) is 0 Å². The Bertz CT molecular complexity index is 513. The summed E-state index contributed by atoms with van der Waals surface area (Å²) < 4.78 is 24.5. The highest BCUT2D eigenvalue weighted by atomic mass is 79.9. The van der Waals surface area contributed by atoms with Crippen molar-refractivity contribution >= 4 is 25.8 Å². The first-order valence-corrected chi connectivity index (χ1v) is 9.17. The van der Waals surface area contributed by atoms with Gasteiger partial charge in [-0.05, 0) is 43.9 Å². The van der Waals surface area contributed by atoms with Crippen molar-refractivity contribution in [3.8, 4) is 0 Å². The Labute approximate surface area is 123 Å². The molecule has 1 aromatic carbocycles. The van der Waals surface area contributed by atoms with Gasteiger partial charge in [0.25, 0.3) is 0 Å². The molecule has 1 fully saturated rings. The van der Waals surface area contributed by atoms with Gasteiger partial charge in [0.1, 0.15) is 0 Å². The number of sulfone groups is 1. The maximum absolute atomic E-state index is 11.7. The molecule has 1 heterocycles. The molecule has 1 aromatic rings.